The summed E-state index contributed by atoms with van der Waals surface area (Å²) in [7, 11) is 0. The number of pyridine rings is 1. The highest BCUT2D eigenvalue weighted by atomic mass is 32.2. The van der Waals surface area contributed by atoms with Gasteiger partial charge in [0.05, 0.1) is 0 Å². The minimum Gasteiger partial charge on any atom is -0.431 e. The van der Waals surface area contributed by atoms with E-state index in [1.54, 1.807) is 6.20 Å². The lowest BCUT2D eigenvalue weighted by atomic mass is 10.1. The van der Waals surface area contributed by atoms with Crippen LogP contribution in [0, 0.1) is 0 Å². The summed E-state index contributed by atoms with van der Waals surface area (Å²) < 4.78 is 5.65. The second kappa shape index (κ2) is 5.03. The van der Waals surface area contributed by atoms with Crippen molar-refractivity contribution in [1.29, 1.82) is 0 Å². The van der Waals surface area contributed by atoms with Crippen molar-refractivity contribution in [2.24, 2.45) is 5.73 Å². The number of rotatable bonds is 3. The van der Waals surface area contributed by atoms with Gasteiger partial charge in [-0.25, -0.2) is 9.97 Å². The maximum absolute atomic E-state index is 5.86. The molecule has 5 heteroatoms. The topological polar surface area (TPSA) is 64.9 Å². The van der Waals surface area contributed by atoms with E-state index in [4.69, 9.17) is 10.2 Å². The molecule has 2 aromatic heterocycles. The molecule has 19 heavy (non-hydrogen) atoms. The standard InChI is InChI=1S/C14H13N3OS/c1-9(15)10-6-7-16-13(8-10)19-14-17-11-4-2-3-5-12(11)18-14/h2-9H,15H2,1H3. The first-order chi connectivity index (χ1) is 9.22. The van der Waals surface area contributed by atoms with E-state index in [-0.39, 0.29) is 6.04 Å². The number of hydrogen-bond donors (Lipinski definition) is 1. The fraction of sp³-hybridized carbons (Fsp3) is 0.143. The van der Waals surface area contributed by atoms with Crippen molar-refractivity contribution in [3.63, 3.8) is 0 Å². The Morgan fingerprint density at radius 1 is 1.26 bits per heavy atom. The smallest absolute Gasteiger partial charge is 0.263 e. The Morgan fingerprint density at radius 2 is 2.11 bits per heavy atom. The maximum atomic E-state index is 5.86. The third-order valence-corrected chi connectivity index (χ3v) is 3.53. The molecule has 0 bridgehead atoms. The predicted octanol–water partition coefficient (Wildman–Crippen LogP) is 3.39. The van der Waals surface area contributed by atoms with E-state index in [1.165, 1.54) is 11.8 Å². The van der Waals surface area contributed by atoms with E-state index in [9.17, 15) is 0 Å². The molecular weight excluding hydrogens is 258 g/mol. The second-order valence-corrected chi connectivity index (χ2v) is 5.24. The Kier molecular flexibility index (Phi) is 3.23. The molecule has 0 radical (unpaired) electrons. The quantitative estimate of drug-likeness (QED) is 0.791. The Labute approximate surface area is 115 Å². The van der Waals surface area contributed by atoms with E-state index in [1.807, 2.05) is 43.3 Å². The lowest BCUT2D eigenvalue weighted by Crippen LogP contribution is -2.04. The molecule has 0 aliphatic carbocycles. The van der Waals surface area contributed by atoms with E-state index < -0.39 is 0 Å². The molecule has 2 heterocycles. The maximum Gasteiger partial charge on any atom is 0.263 e. The van der Waals surface area contributed by atoms with Gasteiger partial charge < -0.3 is 10.2 Å². The van der Waals surface area contributed by atoms with E-state index in [2.05, 4.69) is 9.97 Å². The Bertz CT molecular complexity index is 675. The number of oxazole rings is 1. The van der Waals surface area contributed by atoms with Crippen LogP contribution in [0.25, 0.3) is 11.1 Å². The van der Waals surface area contributed by atoms with E-state index in [0.717, 1.165) is 21.7 Å². The molecule has 4 nitrogen and oxygen atoms in total. The van der Waals surface area contributed by atoms with Gasteiger partial charge in [-0.1, -0.05) is 12.1 Å². The van der Waals surface area contributed by atoms with Crippen LogP contribution in [0.5, 0.6) is 0 Å². The summed E-state index contributed by atoms with van der Waals surface area (Å²) in [5.41, 5.74) is 8.55. The van der Waals surface area contributed by atoms with Gasteiger partial charge in [-0.2, -0.15) is 0 Å². The summed E-state index contributed by atoms with van der Waals surface area (Å²) in [5, 5.41) is 1.43. The van der Waals surface area contributed by atoms with Crippen molar-refractivity contribution in [1.82, 2.24) is 9.97 Å². The van der Waals surface area contributed by atoms with Gasteiger partial charge in [0.25, 0.3) is 5.22 Å². The summed E-state index contributed by atoms with van der Waals surface area (Å²) in [6, 6.07) is 11.6. The third kappa shape index (κ3) is 2.62. The first kappa shape index (κ1) is 12.2. The third-order valence-electron chi connectivity index (χ3n) is 2.75. The summed E-state index contributed by atoms with van der Waals surface area (Å²) >= 11 is 1.40. The van der Waals surface area contributed by atoms with Crippen molar-refractivity contribution in [3.05, 3.63) is 48.2 Å². The molecule has 1 unspecified atom stereocenters. The van der Waals surface area contributed by atoms with Gasteiger partial charge in [0.1, 0.15) is 10.5 Å². The second-order valence-electron chi connectivity index (χ2n) is 4.27. The lowest BCUT2D eigenvalue weighted by molar-refractivity contribution is 0.489. The first-order valence-electron chi connectivity index (χ1n) is 5.97. The summed E-state index contributed by atoms with van der Waals surface area (Å²) in [6.45, 7) is 1.95. The van der Waals surface area contributed by atoms with Crippen LogP contribution in [0.1, 0.15) is 18.5 Å². The summed E-state index contributed by atoms with van der Waals surface area (Å²) in [5.74, 6) is 0. The van der Waals surface area contributed by atoms with Crippen LogP contribution in [0.3, 0.4) is 0 Å². The zero-order chi connectivity index (χ0) is 13.2. The average molecular weight is 271 g/mol. The average Bonchev–Trinajstić information content (AvgIpc) is 2.81. The van der Waals surface area contributed by atoms with Gasteiger partial charge in [0, 0.05) is 12.2 Å². The van der Waals surface area contributed by atoms with Crippen LogP contribution in [-0.2, 0) is 0 Å². The largest absolute Gasteiger partial charge is 0.431 e. The number of aromatic nitrogens is 2. The SMILES string of the molecule is CC(N)c1ccnc(Sc2nc3ccccc3o2)c1. The molecule has 3 rings (SSSR count). The zero-order valence-corrected chi connectivity index (χ0v) is 11.2. The van der Waals surface area contributed by atoms with Crippen LogP contribution >= 0.6 is 11.8 Å². The number of nitrogens with two attached hydrogens (primary N) is 1. The Balaban J connectivity index is 1.90. The van der Waals surface area contributed by atoms with Crippen molar-refractivity contribution in [2.75, 3.05) is 0 Å². The highest BCUT2D eigenvalue weighted by Crippen LogP contribution is 2.29. The summed E-state index contributed by atoms with van der Waals surface area (Å²) in [4.78, 5) is 8.70. The molecule has 0 spiro atoms. The Morgan fingerprint density at radius 3 is 2.89 bits per heavy atom. The monoisotopic (exact) mass is 271 g/mol. The zero-order valence-electron chi connectivity index (χ0n) is 10.4. The molecule has 0 saturated heterocycles. The van der Waals surface area contributed by atoms with Gasteiger partial charge >= 0.3 is 0 Å². The van der Waals surface area contributed by atoms with Crippen LogP contribution in [0.2, 0.25) is 0 Å². The fourth-order valence-electron chi connectivity index (χ4n) is 1.75. The number of nitrogens with zero attached hydrogens (tertiary/aromatic N) is 2. The van der Waals surface area contributed by atoms with Crippen LogP contribution in [-0.4, -0.2) is 9.97 Å². The molecule has 2 N–H and O–H groups in total. The molecular formula is C14H13N3OS. The fourth-order valence-corrected chi connectivity index (χ4v) is 2.51. The molecule has 0 aliphatic heterocycles. The first-order valence-corrected chi connectivity index (χ1v) is 6.79. The number of fused-ring (bicyclic) bond motifs is 1. The van der Waals surface area contributed by atoms with E-state index >= 15 is 0 Å². The molecule has 96 valence electrons. The number of benzene rings is 1. The highest BCUT2D eigenvalue weighted by Gasteiger charge is 2.09. The van der Waals surface area contributed by atoms with Gasteiger partial charge in [0.2, 0.25) is 0 Å². The minimum atomic E-state index is -0.00835. The lowest BCUT2D eigenvalue weighted by Gasteiger charge is -2.05. The van der Waals surface area contributed by atoms with Gasteiger partial charge in [-0.05, 0) is 48.5 Å². The molecule has 3 aromatic rings. The van der Waals surface area contributed by atoms with Crippen LogP contribution < -0.4 is 5.73 Å². The van der Waals surface area contributed by atoms with Crippen molar-refractivity contribution in [2.45, 2.75) is 23.2 Å². The number of hydrogen-bond acceptors (Lipinski definition) is 5. The van der Waals surface area contributed by atoms with Crippen molar-refractivity contribution in [3.8, 4) is 0 Å². The van der Waals surface area contributed by atoms with Gasteiger partial charge in [-0.15, -0.1) is 0 Å². The van der Waals surface area contributed by atoms with Crippen molar-refractivity contribution < 1.29 is 4.42 Å². The molecule has 0 saturated carbocycles. The van der Waals surface area contributed by atoms with E-state index in [0.29, 0.717) is 5.22 Å². The molecule has 0 aliphatic rings. The minimum absolute atomic E-state index is 0.00835. The van der Waals surface area contributed by atoms with Crippen LogP contribution in [0.4, 0.5) is 0 Å². The normalized spacial score (nSPS) is 12.7. The highest BCUT2D eigenvalue weighted by molar-refractivity contribution is 7.99. The number of para-hydroxylation sites is 2. The van der Waals surface area contributed by atoms with Gasteiger partial charge in [0.15, 0.2) is 5.58 Å². The molecule has 1 aromatic carbocycles. The molecule has 0 fully saturated rings. The van der Waals surface area contributed by atoms with Crippen LogP contribution in [0.15, 0.2) is 57.3 Å². The van der Waals surface area contributed by atoms with Crippen molar-refractivity contribution >= 4 is 22.9 Å². The molecule has 1 atom stereocenters. The Hall–Kier alpha value is -1.85. The predicted molar refractivity (Wildman–Crippen MR) is 75.0 cm³/mol. The molecule has 0 amide bonds. The summed E-state index contributed by atoms with van der Waals surface area (Å²) in [6.07, 6.45) is 1.75. The van der Waals surface area contributed by atoms with Gasteiger partial charge in [-0.3, -0.25) is 0 Å².